The first-order valence-electron chi connectivity index (χ1n) is 8.00. The van der Waals surface area contributed by atoms with E-state index in [4.69, 9.17) is 9.47 Å². The predicted octanol–water partition coefficient (Wildman–Crippen LogP) is 3.66. The van der Waals surface area contributed by atoms with Crippen LogP contribution in [0, 0.1) is 0 Å². The van der Waals surface area contributed by atoms with Gasteiger partial charge in [-0.1, -0.05) is 0 Å². The quantitative estimate of drug-likeness (QED) is 0.809. The highest BCUT2D eigenvalue weighted by molar-refractivity contribution is 9.10. The Balaban J connectivity index is 1.93. The van der Waals surface area contributed by atoms with Gasteiger partial charge in [-0.25, -0.2) is 4.79 Å². The number of rotatable bonds is 3. The maximum atomic E-state index is 11.8. The minimum atomic E-state index is -0.490. The molecule has 2 rings (SSSR count). The van der Waals surface area contributed by atoms with Crippen LogP contribution >= 0.6 is 15.9 Å². The molecular weight excluding hydrogens is 376 g/mol. The molecule has 1 saturated heterocycles. The van der Waals surface area contributed by atoms with Gasteiger partial charge in [0.2, 0.25) is 0 Å². The van der Waals surface area contributed by atoms with E-state index >= 15 is 0 Å². The topological polar surface area (TPSA) is 71.0 Å². The molecule has 1 heterocycles. The summed E-state index contributed by atoms with van der Waals surface area (Å²) < 4.78 is 11.1. The van der Waals surface area contributed by atoms with Gasteiger partial charge in [-0.05, 0) is 49.5 Å². The van der Waals surface area contributed by atoms with E-state index in [1.807, 2.05) is 26.8 Å². The van der Waals surface area contributed by atoms with Crippen molar-refractivity contribution in [3.8, 4) is 11.5 Å². The summed E-state index contributed by atoms with van der Waals surface area (Å²) in [4.78, 5) is 14.0. The number of hydrogen-bond acceptors (Lipinski definition) is 5. The van der Waals surface area contributed by atoms with E-state index in [9.17, 15) is 9.90 Å². The highest BCUT2D eigenvalue weighted by Crippen LogP contribution is 2.38. The van der Waals surface area contributed by atoms with Crippen LogP contribution in [0.5, 0.6) is 11.5 Å². The molecule has 0 atom stereocenters. The molecule has 7 heteroatoms. The molecule has 1 aromatic carbocycles. The number of aromatic hydroxyl groups is 1. The second-order valence-electron chi connectivity index (χ2n) is 6.89. The Kier molecular flexibility index (Phi) is 5.85. The van der Waals surface area contributed by atoms with Gasteiger partial charge in [0.1, 0.15) is 21.6 Å². The predicted molar refractivity (Wildman–Crippen MR) is 97.0 cm³/mol. The standard InChI is InChI=1S/C17H25BrN2O4/c1-17(2,3)24-16(22)19-11-5-7-20(8-6-11)12-9-13(21)15(18)14(10-12)23-4/h9-11,21H,5-8H2,1-4H3,(H,19,22). The Morgan fingerprint density at radius 3 is 2.50 bits per heavy atom. The SMILES string of the molecule is COc1cc(N2CCC(NC(=O)OC(C)(C)C)CC2)cc(O)c1Br. The molecule has 0 saturated carbocycles. The van der Waals surface area contributed by atoms with Gasteiger partial charge < -0.3 is 24.8 Å². The Morgan fingerprint density at radius 1 is 1.33 bits per heavy atom. The molecule has 24 heavy (non-hydrogen) atoms. The van der Waals surface area contributed by atoms with Crippen LogP contribution in [0.3, 0.4) is 0 Å². The third-order valence-electron chi connectivity index (χ3n) is 3.81. The van der Waals surface area contributed by atoms with Crippen LogP contribution in [-0.2, 0) is 4.74 Å². The van der Waals surface area contributed by atoms with E-state index in [0.29, 0.717) is 10.2 Å². The molecular formula is C17H25BrN2O4. The van der Waals surface area contributed by atoms with E-state index in [-0.39, 0.29) is 17.9 Å². The van der Waals surface area contributed by atoms with Crippen molar-refractivity contribution in [1.29, 1.82) is 0 Å². The number of carbonyl (C=O) groups is 1. The molecule has 2 N–H and O–H groups in total. The van der Waals surface area contributed by atoms with Gasteiger partial charge in [0.05, 0.1) is 7.11 Å². The lowest BCUT2D eigenvalue weighted by Crippen LogP contribution is -2.46. The summed E-state index contributed by atoms with van der Waals surface area (Å²) in [5, 5.41) is 12.9. The van der Waals surface area contributed by atoms with Crippen LogP contribution in [0.25, 0.3) is 0 Å². The van der Waals surface area contributed by atoms with Gasteiger partial charge in [-0.2, -0.15) is 0 Å². The van der Waals surface area contributed by atoms with E-state index in [1.54, 1.807) is 13.2 Å². The Bertz CT molecular complexity index is 593. The number of amides is 1. The van der Waals surface area contributed by atoms with Crippen molar-refractivity contribution in [2.75, 3.05) is 25.1 Å². The number of carbonyl (C=O) groups excluding carboxylic acids is 1. The van der Waals surface area contributed by atoms with Crippen LogP contribution in [0.1, 0.15) is 33.6 Å². The molecule has 1 aliphatic heterocycles. The first-order valence-corrected chi connectivity index (χ1v) is 8.80. The van der Waals surface area contributed by atoms with Gasteiger partial charge in [0, 0.05) is 37.0 Å². The minimum Gasteiger partial charge on any atom is -0.507 e. The van der Waals surface area contributed by atoms with E-state index in [2.05, 4.69) is 26.1 Å². The van der Waals surface area contributed by atoms with Gasteiger partial charge >= 0.3 is 6.09 Å². The Hall–Kier alpha value is -1.63. The fraction of sp³-hybridized carbons (Fsp3) is 0.588. The fourth-order valence-corrected chi connectivity index (χ4v) is 3.05. The largest absolute Gasteiger partial charge is 0.507 e. The summed E-state index contributed by atoms with van der Waals surface area (Å²) in [6.45, 7) is 7.11. The third kappa shape index (κ3) is 4.93. The zero-order chi connectivity index (χ0) is 17.9. The molecule has 1 aromatic rings. The number of halogens is 1. The molecule has 0 spiro atoms. The van der Waals surface area contributed by atoms with Gasteiger partial charge in [0.15, 0.2) is 0 Å². The summed E-state index contributed by atoms with van der Waals surface area (Å²) in [6, 6.07) is 3.71. The number of ether oxygens (including phenoxy) is 2. The lowest BCUT2D eigenvalue weighted by molar-refractivity contribution is 0.0497. The molecule has 1 aliphatic rings. The molecule has 134 valence electrons. The molecule has 0 aromatic heterocycles. The van der Waals surface area contributed by atoms with Crippen molar-refractivity contribution in [3.05, 3.63) is 16.6 Å². The molecule has 1 fully saturated rings. The van der Waals surface area contributed by atoms with Crippen molar-refractivity contribution >= 4 is 27.7 Å². The average Bonchev–Trinajstić information content (AvgIpc) is 2.48. The molecule has 1 amide bonds. The second-order valence-corrected chi connectivity index (χ2v) is 7.68. The van der Waals surface area contributed by atoms with Crippen LogP contribution < -0.4 is 15.0 Å². The average molecular weight is 401 g/mol. The summed E-state index contributed by atoms with van der Waals surface area (Å²) in [5.74, 6) is 0.748. The van der Waals surface area contributed by atoms with Crippen molar-refractivity contribution < 1.29 is 19.4 Å². The second kappa shape index (κ2) is 7.51. The number of piperidine rings is 1. The number of hydrogen-bond donors (Lipinski definition) is 2. The van der Waals surface area contributed by atoms with E-state index in [0.717, 1.165) is 31.6 Å². The van der Waals surface area contributed by atoms with Crippen LogP contribution in [0.2, 0.25) is 0 Å². The smallest absolute Gasteiger partial charge is 0.407 e. The molecule has 0 aliphatic carbocycles. The lowest BCUT2D eigenvalue weighted by Gasteiger charge is -2.34. The fourth-order valence-electron chi connectivity index (χ4n) is 2.66. The maximum absolute atomic E-state index is 11.8. The van der Waals surface area contributed by atoms with Crippen molar-refractivity contribution in [2.45, 2.75) is 45.3 Å². The summed E-state index contributed by atoms with van der Waals surface area (Å²) in [6.07, 6.45) is 1.26. The number of nitrogens with zero attached hydrogens (tertiary/aromatic N) is 1. The summed E-state index contributed by atoms with van der Waals surface area (Å²) in [5.41, 5.74) is 0.416. The van der Waals surface area contributed by atoms with Crippen LogP contribution in [-0.4, -0.2) is 43.0 Å². The number of methoxy groups -OCH3 is 1. The highest BCUT2D eigenvalue weighted by atomic mass is 79.9. The van der Waals surface area contributed by atoms with Gasteiger partial charge in [-0.15, -0.1) is 0 Å². The van der Waals surface area contributed by atoms with Gasteiger partial charge in [0.25, 0.3) is 0 Å². The van der Waals surface area contributed by atoms with Gasteiger partial charge in [-0.3, -0.25) is 0 Å². The normalized spacial score (nSPS) is 16.0. The monoisotopic (exact) mass is 400 g/mol. The number of phenolic OH excluding ortho intramolecular Hbond substituents is 1. The molecule has 0 unspecified atom stereocenters. The highest BCUT2D eigenvalue weighted by Gasteiger charge is 2.24. The number of nitrogens with one attached hydrogen (secondary N) is 1. The number of benzene rings is 1. The van der Waals surface area contributed by atoms with Crippen molar-refractivity contribution in [1.82, 2.24) is 5.32 Å². The minimum absolute atomic E-state index is 0.0991. The van der Waals surface area contributed by atoms with E-state index in [1.165, 1.54) is 0 Å². The number of alkyl carbamates (subject to hydrolysis) is 1. The molecule has 0 bridgehead atoms. The first-order chi connectivity index (χ1) is 11.2. The third-order valence-corrected chi connectivity index (χ3v) is 4.60. The van der Waals surface area contributed by atoms with E-state index < -0.39 is 5.60 Å². The van der Waals surface area contributed by atoms with Crippen LogP contribution in [0.15, 0.2) is 16.6 Å². The summed E-state index contributed by atoms with van der Waals surface area (Å²) >= 11 is 3.30. The maximum Gasteiger partial charge on any atom is 0.407 e. The number of phenols is 1. The molecule has 0 radical (unpaired) electrons. The lowest BCUT2D eigenvalue weighted by atomic mass is 10.0. The zero-order valence-corrected chi connectivity index (χ0v) is 16.1. The Morgan fingerprint density at radius 2 is 1.96 bits per heavy atom. The van der Waals surface area contributed by atoms with Crippen molar-refractivity contribution in [2.24, 2.45) is 0 Å². The first kappa shape index (κ1) is 18.7. The zero-order valence-electron chi connectivity index (χ0n) is 14.6. The molecule has 6 nitrogen and oxygen atoms in total. The van der Waals surface area contributed by atoms with Crippen LogP contribution in [0.4, 0.5) is 10.5 Å². The summed E-state index contributed by atoms with van der Waals surface area (Å²) in [7, 11) is 1.57. The van der Waals surface area contributed by atoms with Crippen molar-refractivity contribution in [3.63, 3.8) is 0 Å². The Labute approximate surface area is 151 Å². The number of anilines is 1.